The lowest BCUT2D eigenvalue weighted by Gasteiger charge is -2.42. The van der Waals surface area contributed by atoms with Crippen molar-refractivity contribution in [2.45, 2.75) is 58.1 Å². The topological polar surface area (TPSA) is 85.6 Å². The fourth-order valence-corrected chi connectivity index (χ4v) is 3.71. The standard InChI is InChI=1S/C19H34N6O2.HI/c1-15-23-24-17(25(15)2)13-21-18(20-12-16-6-4-10-27-16)22-14-19(7-5-8-19)9-11-26-3;/h16H,4-14H2,1-3H3,(H2,20,21,22);1H. The molecule has 1 aromatic rings. The molecule has 2 aliphatic rings. The van der Waals surface area contributed by atoms with Gasteiger partial charge in [0.05, 0.1) is 6.10 Å². The molecule has 2 N–H and O–H groups in total. The summed E-state index contributed by atoms with van der Waals surface area (Å²) < 4.78 is 13.0. The van der Waals surface area contributed by atoms with Gasteiger partial charge in [0.25, 0.3) is 0 Å². The molecule has 8 nitrogen and oxygen atoms in total. The number of hydrogen-bond donors (Lipinski definition) is 2. The first-order valence-electron chi connectivity index (χ1n) is 10.1. The lowest BCUT2D eigenvalue weighted by molar-refractivity contribution is 0.0731. The lowest BCUT2D eigenvalue weighted by Crippen LogP contribution is -2.48. The number of aryl methyl sites for hydroxylation is 1. The van der Waals surface area contributed by atoms with E-state index in [1.807, 2.05) is 18.5 Å². The molecule has 3 rings (SSSR count). The normalized spacial score (nSPS) is 21.1. The second-order valence-corrected chi connectivity index (χ2v) is 7.85. The summed E-state index contributed by atoms with van der Waals surface area (Å²) in [6.07, 6.45) is 7.44. The molecule has 1 aromatic heterocycles. The van der Waals surface area contributed by atoms with Crippen LogP contribution in [0.1, 0.15) is 50.2 Å². The van der Waals surface area contributed by atoms with Crippen molar-refractivity contribution in [2.75, 3.05) is 33.4 Å². The summed E-state index contributed by atoms with van der Waals surface area (Å²) in [4.78, 5) is 4.76. The number of rotatable bonds is 9. The highest BCUT2D eigenvalue weighted by atomic mass is 127. The van der Waals surface area contributed by atoms with E-state index in [-0.39, 0.29) is 30.1 Å². The van der Waals surface area contributed by atoms with Gasteiger partial charge in [-0.3, -0.25) is 0 Å². The van der Waals surface area contributed by atoms with Crippen LogP contribution in [0, 0.1) is 12.3 Å². The number of aromatic nitrogens is 3. The maximum Gasteiger partial charge on any atom is 0.191 e. The van der Waals surface area contributed by atoms with Gasteiger partial charge in [-0.2, -0.15) is 0 Å². The minimum atomic E-state index is 0. The zero-order chi connectivity index (χ0) is 19.1. The van der Waals surface area contributed by atoms with Crippen LogP contribution < -0.4 is 10.6 Å². The molecular formula is C19H35IN6O2. The number of methoxy groups -OCH3 is 1. The average Bonchev–Trinajstić information content (AvgIpc) is 3.27. The van der Waals surface area contributed by atoms with Crippen LogP contribution in [0.5, 0.6) is 0 Å². The molecule has 1 unspecified atom stereocenters. The Balaban J connectivity index is 0.00000280. The molecule has 160 valence electrons. The summed E-state index contributed by atoms with van der Waals surface area (Å²) in [7, 11) is 3.75. The van der Waals surface area contributed by atoms with Crippen LogP contribution in [0.3, 0.4) is 0 Å². The minimum absolute atomic E-state index is 0. The maximum absolute atomic E-state index is 5.73. The number of ether oxygens (including phenoxy) is 2. The van der Waals surface area contributed by atoms with Gasteiger partial charge in [-0.05, 0) is 44.4 Å². The van der Waals surface area contributed by atoms with Crippen molar-refractivity contribution in [2.24, 2.45) is 17.5 Å². The van der Waals surface area contributed by atoms with E-state index in [4.69, 9.17) is 14.5 Å². The highest BCUT2D eigenvalue weighted by Crippen LogP contribution is 2.43. The van der Waals surface area contributed by atoms with E-state index in [9.17, 15) is 0 Å². The Hall–Kier alpha value is -0.940. The van der Waals surface area contributed by atoms with Crippen molar-refractivity contribution >= 4 is 29.9 Å². The largest absolute Gasteiger partial charge is 0.385 e. The number of hydrogen-bond acceptors (Lipinski definition) is 5. The fourth-order valence-electron chi connectivity index (χ4n) is 3.71. The van der Waals surface area contributed by atoms with Gasteiger partial charge >= 0.3 is 0 Å². The zero-order valence-electron chi connectivity index (χ0n) is 17.4. The fraction of sp³-hybridized carbons (Fsp3) is 0.842. The van der Waals surface area contributed by atoms with Crippen molar-refractivity contribution < 1.29 is 9.47 Å². The highest BCUT2D eigenvalue weighted by Gasteiger charge is 2.36. The molecule has 0 radical (unpaired) electrons. The van der Waals surface area contributed by atoms with Crippen molar-refractivity contribution in [3.05, 3.63) is 11.6 Å². The molecule has 28 heavy (non-hydrogen) atoms. The van der Waals surface area contributed by atoms with E-state index in [2.05, 4.69) is 20.8 Å². The molecule has 0 amide bonds. The molecule has 1 saturated heterocycles. The van der Waals surface area contributed by atoms with E-state index in [1.165, 1.54) is 19.3 Å². The minimum Gasteiger partial charge on any atom is -0.385 e. The SMILES string of the molecule is COCCC1(CNC(=NCc2nnc(C)n2C)NCC2CCCO2)CCC1.I. The smallest absolute Gasteiger partial charge is 0.191 e. The van der Waals surface area contributed by atoms with Gasteiger partial charge in [0.15, 0.2) is 11.8 Å². The highest BCUT2D eigenvalue weighted by molar-refractivity contribution is 14.0. The third-order valence-electron chi connectivity index (χ3n) is 5.96. The summed E-state index contributed by atoms with van der Waals surface area (Å²) in [5.41, 5.74) is 0.337. The van der Waals surface area contributed by atoms with Crippen LogP contribution in [0.4, 0.5) is 0 Å². The molecule has 9 heteroatoms. The number of halogens is 1. The Kier molecular flexibility index (Phi) is 9.42. The molecular weight excluding hydrogens is 471 g/mol. The molecule has 1 aliphatic carbocycles. The van der Waals surface area contributed by atoms with Crippen molar-refractivity contribution in [3.63, 3.8) is 0 Å². The predicted molar refractivity (Wildman–Crippen MR) is 120 cm³/mol. The molecule has 0 bridgehead atoms. The summed E-state index contributed by atoms with van der Waals surface area (Å²) in [6.45, 7) is 5.84. The lowest BCUT2D eigenvalue weighted by atomic mass is 9.67. The summed E-state index contributed by atoms with van der Waals surface area (Å²) in [5, 5.41) is 15.3. The van der Waals surface area contributed by atoms with Crippen LogP contribution in [0.25, 0.3) is 0 Å². The molecule has 0 spiro atoms. The van der Waals surface area contributed by atoms with Crippen LogP contribution >= 0.6 is 24.0 Å². The Labute approximate surface area is 185 Å². The van der Waals surface area contributed by atoms with Gasteiger partial charge in [0, 0.05) is 40.5 Å². The van der Waals surface area contributed by atoms with Gasteiger partial charge in [0.1, 0.15) is 12.4 Å². The Morgan fingerprint density at radius 3 is 2.71 bits per heavy atom. The first-order valence-corrected chi connectivity index (χ1v) is 10.1. The molecule has 1 saturated carbocycles. The maximum atomic E-state index is 5.73. The first kappa shape index (κ1) is 23.3. The average molecular weight is 506 g/mol. The second-order valence-electron chi connectivity index (χ2n) is 7.85. The first-order chi connectivity index (χ1) is 13.1. The summed E-state index contributed by atoms with van der Waals surface area (Å²) in [6, 6.07) is 0. The van der Waals surface area contributed by atoms with Crippen molar-refractivity contribution in [3.8, 4) is 0 Å². The number of nitrogens with zero attached hydrogens (tertiary/aromatic N) is 4. The van der Waals surface area contributed by atoms with Crippen LogP contribution in [-0.2, 0) is 23.1 Å². The second kappa shape index (κ2) is 11.3. The van der Waals surface area contributed by atoms with E-state index >= 15 is 0 Å². The molecule has 2 fully saturated rings. The van der Waals surface area contributed by atoms with Crippen LogP contribution in [-0.4, -0.2) is 60.2 Å². The van der Waals surface area contributed by atoms with E-state index < -0.39 is 0 Å². The van der Waals surface area contributed by atoms with Crippen LogP contribution in [0.2, 0.25) is 0 Å². The summed E-state index contributed by atoms with van der Waals surface area (Å²) in [5.74, 6) is 2.59. The van der Waals surface area contributed by atoms with E-state index in [1.54, 1.807) is 7.11 Å². The zero-order valence-corrected chi connectivity index (χ0v) is 19.7. The number of aliphatic imine (C=N–C) groups is 1. The summed E-state index contributed by atoms with van der Waals surface area (Å²) >= 11 is 0. The van der Waals surface area contributed by atoms with Gasteiger partial charge in [-0.15, -0.1) is 34.2 Å². The molecule has 1 atom stereocenters. The number of guanidine groups is 1. The van der Waals surface area contributed by atoms with Gasteiger partial charge < -0.3 is 24.7 Å². The Bertz CT molecular complexity index is 626. The Morgan fingerprint density at radius 1 is 1.32 bits per heavy atom. The van der Waals surface area contributed by atoms with Crippen molar-refractivity contribution in [1.82, 2.24) is 25.4 Å². The van der Waals surface area contributed by atoms with Gasteiger partial charge in [0.2, 0.25) is 0 Å². The predicted octanol–water partition coefficient (Wildman–Crippen LogP) is 2.16. The number of nitrogens with one attached hydrogen (secondary N) is 2. The Morgan fingerprint density at radius 2 is 2.14 bits per heavy atom. The van der Waals surface area contributed by atoms with E-state index in [0.717, 1.165) is 63.2 Å². The van der Waals surface area contributed by atoms with Crippen molar-refractivity contribution in [1.29, 1.82) is 0 Å². The third kappa shape index (κ3) is 6.28. The molecule has 0 aromatic carbocycles. The third-order valence-corrected chi connectivity index (χ3v) is 5.96. The van der Waals surface area contributed by atoms with Crippen LogP contribution in [0.15, 0.2) is 4.99 Å². The van der Waals surface area contributed by atoms with Gasteiger partial charge in [-0.1, -0.05) is 6.42 Å². The monoisotopic (exact) mass is 506 g/mol. The van der Waals surface area contributed by atoms with E-state index in [0.29, 0.717) is 12.0 Å². The van der Waals surface area contributed by atoms with Gasteiger partial charge in [-0.25, -0.2) is 4.99 Å². The molecule has 2 heterocycles. The molecule has 1 aliphatic heterocycles. The quantitative estimate of drug-likeness (QED) is 0.304.